The minimum absolute atomic E-state index is 0.252. The van der Waals surface area contributed by atoms with E-state index in [0.717, 1.165) is 12.8 Å². The number of nitrogens with zero attached hydrogens (tertiary/aromatic N) is 2. The Morgan fingerprint density at radius 2 is 2.05 bits per heavy atom. The van der Waals surface area contributed by atoms with Gasteiger partial charge in [0, 0.05) is 20.1 Å². The van der Waals surface area contributed by atoms with E-state index in [2.05, 4.69) is 22.3 Å². The molecule has 0 aliphatic heterocycles. The molecule has 0 bridgehead atoms. The van der Waals surface area contributed by atoms with Crippen LogP contribution in [0.1, 0.15) is 29.7 Å². The Labute approximate surface area is 112 Å². The van der Waals surface area contributed by atoms with Gasteiger partial charge in [0.05, 0.1) is 6.04 Å². The zero-order chi connectivity index (χ0) is 13.5. The third-order valence-corrected chi connectivity index (χ3v) is 2.91. The molecule has 1 aromatic heterocycles. The molecule has 2 N–H and O–H groups in total. The van der Waals surface area contributed by atoms with Crippen molar-refractivity contribution in [2.45, 2.75) is 25.3 Å². The highest BCUT2D eigenvalue weighted by Crippen LogP contribution is 2.12. The SMILES string of the molecule is COCCC(N)c1nc(CCc2ccccc2)no1. The van der Waals surface area contributed by atoms with Crippen molar-refractivity contribution in [3.8, 4) is 0 Å². The summed E-state index contributed by atoms with van der Waals surface area (Å²) in [5.41, 5.74) is 7.19. The first-order valence-electron chi connectivity index (χ1n) is 6.40. The molecule has 102 valence electrons. The zero-order valence-electron chi connectivity index (χ0n) is 11.1. The van der Waals surface area contributed by atoms with Crippen molar-refractivity contribution in [2.24, 2.45) is 5.73 Å². The van der Waals surface area contributed by atoms with Crippen molar-refractivity contribution in [1.29, 1.82) is 0 Å². The van der Waals surface area contributed by atoms with Crippen LogP contribution in [0.3, 0.4) is 0 Å². The molecule has 0 fully saturated rings. The van der Waals surface area contributed by atoms with Gasteiger partial charge in [0.25, 0.3) is 0 Å². The fraction of sp³-hybridized carbons (Fsp3) is 0.429. The van der Waals surface area contributed by atoms with Crippen LogP contribution >= 0.6 is 0 Å². The van der Waals surface area contributed by atoms with Crippen molar-refractivity contribution in [3.05, 3.63) is 47.6 Å². The molecular weight excluding hydrogens is 242 g/mol. The highest BCUT2D eigenvalue weighted by Gasteiger charge is 2.14. The number of hydrogen-bond donors (Lipinski definition) is 1. The third-order valence-electron chi connectivity index (χ3n) is 2.91. The third kappa shape index (κ3) is 4.15. The molecule has 19 heavy (non-hydrogen) atoms. The maximum absolute atomic E-state index is 5.93. The molecule has 2 rings (SSSR count). The van der Waals surface area contributed by atoms with E-state index in [1.807, 2.05) is 18.2 Å². The van der Waals surface area contributed by atoms with E-state index in [-0.39, 0.29) is 6.04 Å². The van der Waals surface area contributed by atoms with Crippen LogP contribution in [-0.4, -0.2) is 23.9 Å². The van der Waals surface area contributed by atoms with Gasteiger partial charge < -0.3 is 15.0 Å². The zero-order valence-corrected chi connectivity index (χ0v) is 11.1. The molecule has 0 spiro atoms. The maximum Gasteiger partial charge on any atom is 0.243 e. The molecule has 2 aromatic rings. The average Bonchev–Trinajstić information content (AvgIpc) is 2.92. The lowest BCUT2D eigenvalue weighted by Gasteiger charge is -2.04. The largest absolute Gasteiger partial charge is 0.385 e. The lowest BCUT2D eigenvalue weighted by molar-refractivity contribution is 0.182. The molecular formula is C14H19N3O2. The second-order valence-corrected chi connectivity index (χ2v) is 4.42. The van der Waals surface area contributed by atoms with E-state index in [9.17, 15) is 0 Å². The number of nitrogens with two attached hydrogens (primary N) is 1. The molecule has 1 unspecified atom stereocenters. The Morgan fingerprint density at radius 1 is 1.26 bits per heavy atom. The monoisotopic (exact) mass is 261 g/mol. The Morgan fingerprint density at radius 3 is 2.79 bits per heavy atom. The summed E-state index contributed by atoms with van der Waals surface area (Å²) in [7, 11) is 1.64. The second-order valence-electron chi connectivity index (χ2n) is 4.42. The Kier molecular flexibility index (Phi) is 5.06. The van der Waals surface area contributed by atoms with Gasteiger partial charge in [-0.05, 0) is 18.4 Å². The lowest BCUT2D eigenvalue weighted by Crippen LogP contribution is -2.13. The molecule has 0 aliphatic carbocycles. The standard InChI is InChI=1S/C14H19N3O2/c1-18-10-9-12(15)14-16-13(17-19-14)8-7-11-5-3-2-4-6-11/h2-6,12H,7-10,15H2,1H3. The van der Waals surface area contributed by atoms with E-state index in [4.69, 9.17) is 15.0 Å². The molecule has 0 saturated carbocycles. The number of rotatable bonds is 7. The molecule has 0 amide bonds. The molecule has 5 heteroatoms. The van der Waals surface area contributed by atoms with Gasteiger partial charge in [-0.1, -0.05) is 35.5 Å². The van der Waals surface area contributed by atoms with Crippen molar-refractivity contribution in [2.75, 3.05) is 13.7 Å². The van der Waals surface area contributed by atoms with Gasteiger partial charge in [-0.15, -0.1) is 0 Å². The summed E-state index contributed by atoms with van der Waals surface area (Å²) < 4.78 is 10.1. The Balaban J connectivity index is 1.87. The van der Waals surface area contributed by atoms with Gasteiger partial charge in [-0.25, -0.2) is 0 Å². The minimum atomic E-state index is -0.252. The first-order valence-corrected chi connectivity index (χ1v) is 6.40. The fourth-order valence-corrected chi connectivity index (χ4v) is 1.79. The van der Waals surface area contributed by atoms with Gasteiger partial charge in [-0.2, -0.15) is 4.98 Å². The predicted molar refractivity (Wildman–Crippen MR) is 71.6 cm³/mol. The van der Waals surface area contributed by atoms with E-state index in [0.29, 0.717) is 24.7 Å². The summed E-state index contributed by atoms with van der Waals surface area (Å²) in [6.45, 7) is 0.586. The fourth-order valence-electron chi connectivity index (χ4n) is 1.79. The van der Waals surface area contributed by atoms with E-state index in [1.54, 1.807) is 7.11 Å². The van der Waals surface area contributed by atoms with Crippen LogP contribution in [-0.2, 0) is 17.6 Å². The average molecular weight is 261 g/mol. The first-order chi connectivity index (χ1) is 9.29. The van der Waals surface area contributed by atoms with Crippen LogP contribution in [0.4, 0.5) is 0 Å². The second kappa shape index (κ2) is 7.01. The van der Waals surface area contributed by atoms with Crippen LogP contribution in [0.2, 0.25) is 0 Å². The molecule has 1 atom stereocenters. The Bertz CT molecular complexity index is 484. The topological polar surface area (TPSA) is 74.2 Å². The maximum atomic E-state index is 5.93. The number of ether oxygens (including phenoxy) is 1. The van der Waals surface area contributed by atoms with Crippen LogP contribution in [0.25, 0.3) is 0 Å². The van der Waals surface area contributed by atoms with Crippen LogP contribution in [0.5, 0.6) is 0 Å². The number of methoxy groups -OCH3 is 1. The highest BCUT2D eigenvalue weighted by atomic mass is 16.5. The van der Waals surface area contributed by atoms with Crippen LogP contribution < -0.4 is 5.73 Å². The molecule has 1 aromatic carbocycles. The first kappa shape index (κ1) is 13.7. The van der Waals surface area contributed by atoms with Gasteiger partial charge in [0.1, 0.15) is 0 Å². The van der Waals surface area contributed by atoms with Crippen molar-refractivity contribution in [3.63, 3.8) is 0 Å². The molecule has 1 heterocycles. The number of aryl methyl sites for hydroxylation is 2. The number of aromatic nitrogens is 2. The summed E-state index contributed by atoms with van der Waals surface area (Å²) in [5, 5.41) is 3.95. The summed E-state index contributed by atoms with van der Waals surface area (Å²) in [5.74, 6) is 1.19. The van der Waals surface area contributed by atoms with E-state index in [1.165, 1.54) is 5.56 Å². The molecule has 0 radical (unpaired) electrons. The van der Waals surface area contributed by atoms with E-state index < -0.39 is 0 Å². The predicted octanol–water partition coefficient (Wildman–Crippen LogP) is 1.89. The van der Waals surface area contributed by atoms with Gasteiger partial charge >= 0.3 is 0 Å². The van der Waals surface area contributed by atoms with E-state index >= 15 is 0 Å². The summed E-state index contributed by atoms with van der Waals surface area (Å²) >= 11 is 0. The summed E-state index contributed by atoms with van der Waals surface area (Å²) in [6, 6.07) is 9.98. The van der Waals surface area contributed by atoms with Gasteiger partial charge in [0.15, 0.2) is 5.82 Å². The van der Waals surface area contributed by atoms with Gasteiger partial charge in [-0.3, -0.25) is 0 Å². The number of hydrogen-bond acceptors (Lipinski definition) is 5. The van der Waals surface area contributed by atoms with Gasteiger partial charge in [0.2, 0.25) is 5.89 Å². The van der Waals surface area contributed by atoms with Crippen molar-refractivity contribution >= 4 is 0 Å². The van der Waals surface area contributed by atoms with Crippen molar-refractivity contribution < 1.29 is 9.26 Å². The van der Waals surface area contributed by atoms with Crippen LogP contribution in [0, 0.1) is 0 Å². The van der Waals surface area contributed by atoms with Crippen LogP contribution in [0.15, 0.2) is 34.9 Å². The molecule has 0 aliphatic rings. The summed E-state index contributed by atoms with van der Waals surface area (Å²) in [4.78, 5) is 4.32. The minimum Gasteiger partial charge on any atom is -0.385 e. The Hall–Kier alpha value is -1.72. The molecule has 5 nitrogen and oxygen atoms in total. The normalized spacial score (nSPS) is 12.5. The molecule has 0 saturated heterocycles. The quantitative estimate of drug-likeness (QED) is 0.823. The number of benzene rings is 1. The lowest BCUT2D eigenvalue weighted by atomic mass is 10.1. The highest BCUT2D eigenvalue weighted by molar-refractivity contribution is 5.15. The summed E-state index contributed by atoms with van der Waals surface area (Å²) in [6.07, 6.45) is 2.33. The van der Waals surface area contributed by atoms with Crippen molar-refractivity contribution in [1.82, 2.24) is 10.1 Å². The smallest absolute Gasteiger partial charge is 0.243 e.